The van der Waals surface area contributed by atoms with Crippen LogP contribution in [0.1, 0.15) is 20.8 Å². The van der Waals surface area contributed by atoms with Gasteiger partial charge in [0.2, 0.25) is 11.9 Å². The third-order valence-electron chi connectivity index (χ3n) is 2.23. The van der Waals surface area contributed by atoms with Gasteiger partial charge in [0, 0.05) is 19.6 Å². The average Bonchev–Trinajstić information content (AvgIpc) is 2.29. The number of hydrogen-bond donors (Lipinski definition) is 1. The van der Waals surface area contributed by atoms with Gasteiger partial charge in [-0.05, 0) is 20.8 Å². The fourth-order valence-corrected chi connectivity index (χ4v) is 1.41. The lowest BCUT2D eigenvalue weighted by Gasteiger charge is -2.25. The summed E-state index contributed by atoms with van der Waals surface area (Å²) in [4.78, 5) is 14.7. The number of anilines is 2. The molecule has 0 saturated heterocycles. The van der Waals surface area contributed by atoms with E-state index >= 15 is 0 Å². The van der Waals surface area contributed by atoms with Crippen LogP contribution in [-0.2, 0) is 0 Å². The van der Waals surface area contributed by atoms with Crippen molar-refractivity contribution in [1.82, 2.24) is 15.0 Å². The van der Waals surface area contributed by atoms with E-state index in [4.69, 9.17) is 4.74 Å². The Kier molecular flexibility index (Phi) is 4.28. The molecule has 1 aromatic heterocycles. The topological polar surface area (TPSA) is 63.2 Å². The van der Waals surface area contributed by atoms with Crippen molar-refractivity contribution in [3.8, 4) is 6.01 Å². The van der Waals surface area contributed by atoms with E-state index in [1.807, 2.05) is 0 Å². The molecule has 0 aromatic carbocycles. The average molecular weight is 225 g/mol. The van der Waals surface area contributed by atoms with Crippen molar-refractivity contribution < 1.29 is 4.74 Å². The van der Waals surface area contributed by atoms with Crippen molar-refractivity contribution in [3.63, 3.8) is 0 Å². The second-order valence-electron chi connectivity index (χ2n) is 3.58. The number of rotatable bonds is 5. The summed E-state index contributed by atoms with van der Waals surface area (Å²) >= 11 is 0. The van der Waals surface area contributed by atoms with Gasteiger partial charge in [-0.2, -0.15) is 15.0 Å². The molecule has 0 aliphatic heterocycles. The number of methoxy groups -OCH3 is 1. The van der Waals surface area contributed by atoms with Crippen LogP contribution in [0.25, 0.3) is 0 Å². The third kappa shape index (κ3) is 2.71. The van der Waals surface area contributed by atoms with Crippen LogP contribution in [0.4, 0.5) is 11.9 Å². The van der Waals surface area contributed by atoms with Gasteiger partial charge in [0.05, 0.1) is 7.11 Å². The minimum absolute atomic E-state index is 0.327. The quantitative estimate of drug-likeness (QED) is 0.811. The van der Waals surface area contributed by atoms with Crippen LogP contribution < -0.4 is 15.0 Å². The van der Waals surface area contributed by atoms with Gasteiger partial charge in [-0.25, -0.2) is 0 Å². The van der Waals surface area contributed by atoms with Crippen molar-refractivity contribution >= 4 is 11.9 Å². The van der Waals surface area contributed by atoms with Crippen LogP contribution in [0.5, 0.6) is 6.01 Å². The van der Waals surface area contributed by atoms with Gasteiger partial charge in [-0.3, -0.25) is 0 Å². The van der Waals surface area contributed by atoms with Crippen LogP contribution in [-0.4, -0.2) is 41.7 Å². The minimum atomic E-state index is 0.327. The standard InChI is InChI=1S/C10H19N5O/c1-6-15(7(2)3)9-12-8(11-4)13-10(14-9)16-5/h7H,6H2,1-5H3,(H,11,12,13,14). The van der Waals surface area contributed by atoms with E-state index in [2.05, 4.69) is 45.9 Å². The largest absolute Gasteiger partial charge is 0.467 e. The van der Waals surface area contributed by atoms with Crippen LogP contribution in [0.3, 0.4) is 0 Å². The fourth-order valence-electron chi connectivity index (χ4n) is 1.41. The molecule has 0 spiro atoms. The molecule has 6 heteroatoms. The first kappa shape index (κ1) is 12.5. The smallest absolute Gasteiger partial charge is 0.322 e. The van der Waals surface area contributed by atoms with Gasteiger partial charge in [0.1, 0.15) is 0 Å². The number of nitrogens with one attached hydrogen (secondary N) is 1. The Morgan fingerprint density at radius 2 is 2.00 bits per heavy atom. The van der Waals surface area contributed by atoms with Crippen molar-refractivity contribution in [2.75, 3.05) is 30.9 Å². The van der Waals surface area contributed by atoms with E-state index < -0.39 is 0 Å². The molecule has 0 saturated carbocycles. The van der Waals surface area contributed by atoms with Crippen LogP contribution >= 0.6 is 0 Å². The highest BCUT2D eigenvalue weighted by molar-refractivity contribution is 5.38. The predicted octanol–water partition coefficient (Wildman–Crippen LogP) is 1.16. The Morgan fingerprint density at radius 3 is 2.44 bits per heavy atom. The highest BCUT2D eigenvalue weighted by atomic mass is 16.5. The summed E-state index contributed by atoms with van der Waals surface area (Å²) in [6, 6.07) is 0.662. The monoisotopic (exact) mass is 225 g/mol. The molecular formula is C10H19N5O. The summed E-state index contributed by atoms with van der Waals surface area (Å²) in [6.45, 7) is 7.10. The Morgan fingerprint density at radius 1 is 1.31 bits per heavy atom. The molecule has 1 N–H and O–H groups in total. The molecule has 16 heavy (non-hydrogen) atoms. The molecule has 1 rings (SSSR count). The van der Waals surface area contributed by atoms with Gasteiger partial charge in [-0.1, -0.05) is 0 Å². The van der Waals surface area contributed by atoms with Crippen LogP contribution in [0.15, 0.2) is 0 Å². The molecule has 0 fully saturated rings. The maximum absolute atomic E-state index is 5.04. The van der Waals surface area contributed by atoms with Gasteiger partial charge in [-0.15, -0.1) is 0 Å². The van der Waals surface area contributed by atoms with Crippen molar-refractivity contribution in [3.05, 3.63) is 0 Å². The lowest BCUT2D eigenvalue weighted by atomic mass is 10.3. The molecule has 90 valence electrons. The second kappa shape index (κ2) is 5.48. The van der Waals surface area contributed by atoms with E-state index in [9.17, 15) is 0 Å². The summed E-state index contributed by atoms with van der Waals surface area (Å²) in [5.74, 6) is 1.15. The Labute approximate surface area is 96.1 Å². The zero-order chi connectivity index (χ0) is 12.1. The normalized spacial score (nSPS) is 10.4. The summed E-state index contributed by atoms with van der Waals surface area (Å²) in [5.41, 5.74) is 0. The first-order valence-electron chi connectivity index (χ1n) is 5.36. The molecule has 0 radical (unpaired) electrons. The lowest BCUT2D eigenvalue weighted by Crippen LogP contribution is -2.32. The predicted molar refractivity (Wildman–Crippen MR) is 64.1 cm³/mol. The third-order valence-corrected chi connectivity index (χ3v) is 2.23. The molecule has 0 amide bonds. The first-order valence-corrected chi connectivity index (χ1v) is 5.36. The van der Waals surface area contributed by atoms with Gasteiger partial charge in [0.15, 0.2) is 0 Å². The molecule has 1 heterocycles. The molecular weight excluding hydrogens is 206 g/mol. The number of hydrogen-bond acceptors (Lipinski definition) is 6. The Hall–Kier alpha value is -1.59. The lowest BCUT2D eigenvalue weighted by molar-refractivity contribution is 0.378. The number of ether oxygens (including phenoxy) is 1. The molecule has 6 nitrogen and oxygen atoms in total. The zero-order valence-electron chi connectivity index (χ0n) is 10.5. The van der Waals surface area contributed by atoms with Crippen molar-refractivity contribution in [2.45, 2.75) is 26.8 Å². The summed E-state index contributed by atoms with van der Waals surface area (Å²) in [7, 11) is 3.31. The zero-order valence-corrected chi connectivity index (χ0v) is 10.5. The Bertz CT molecular complexity index is 320. The van der Waals surface area contributed by atoms with Gasteiger partial charge < -0.3 is 15.0 Å². The number of nitrogens with zero attached hydrogens (tertiary/aromatic N) is 4. The van der Waals surface area contributed by atoms with E-state index in [0.29, 0.717) is 23.9 Å². The first-order chi connectivity index (χ1) is 7.62. The van der Waals surface area contributed by atoms with E-state index in [0.717, 1.165) is 6.54 Å². The van der Waals surface area contributed by atoms with Gasteiger partial charge >= 0.3 is 6.01 Å². The highest BCUT2D eigenvalue weighted by Crippen LogP contribution is 2.16. The molecule has 0 aliphatic rings. The molecule has 0 aliphatic carbocycles. The van der Waals surface area contributed by atoms with Crippen molar-refractivity contribution in [2.24, 2.45) is 0 Å². The SMILES string of the molecule is CCN(c1nc(NC)nc(OC)n1)C(C)C. The van der Waals surface area contributed by atoms with Crippen LogP contribution in [0, 0.1) is 0 Å². The summed E-state index contributed by atoms with van der Waals surface area (Å²) in [6.07, 6.45) is 0. The molecule has 1 aromatic rings. The maximum atomic E-state index is 5.04. The molecule has 0 atom stereocenters. The highest BCUT2D eigenvalue weighted by Gasteiger charge is 2.14. The van der Waals surface area contributed by atoms with E-state index in [1.54, 1.807) is 14.2 Å². The Balaban J connectivity index is 3.10. The number of aromatic nitrogens is 3. The summed E-state index contributed by atoms with van der Waals surface area (Å²) in [5, 5.41) is 2.89. The fraction of sp³-hybridized carbons (Fsp3) is 0.700. The second-order valence-corrected chi connectivity index (χ2v) is 3.58. The van der Waals surface area contributed by atoms with Crippen LogP contribution in [0.2, 0.25) is 0 Å². The molecule has 0 unspecified atom stereocenters. The minimum Gasteiger partial charge on any atom is -0.467 e. The van der Waals surface area contributed by atoms with E-state index in [-0.39, 0.29) is 0 Å². The molecule has 0 bridgehead atoms. The van der Waals surface area contributed by atoms with Gasteiger partial charge in [0.25, 0.3) is 0 Å². The maximum Gasteiger partial charge on any atom is 0.322 e. The van der Waals surface area contributed by atoms with E-state index in [1.165, 1.54) is 0 Å². The summed E-state index contributed by atoms with van der Waals surface area (Å²) < 4.78 is 5.04. The van der Waals surface area contributed by atoms with Crippen molar-refractivity contribution in [1.29, 1.82) is 0 Å².